The minimum absolute atomic E-state index is 0.0619. The van der Waals surface area contributed by atoms with Crippen molar-refractivity contribution in [1.82, 2.24) is 20.1 Å². The summed E-state index contributed by atoms with van der Waals surface area (Å²) >= 11 is 1.22. The number of benzene rings is 1. The molecule has 0 aliphatic rings. The van der Waals surface area contributed by atoms with E-state index in [0.717, 1.165) is 11.4 Å². The molecule has 1 aromatic heterocycles. The molecule has 1 aromatic carbocycles. The SMILES string of the molecule is CCn1c(Cc2ccccc2)nnc1SCC(=O)NC(N)=O. The highest BCUT2D eigenvalue weighted by molar-refractivity contribution is 7.99. The van der Waals surface area contributed by atoms with Gasteiger partial charge in [-0.15, -0.1) is 10.2 Å². The molecule has 116 valence electrons. The highest BCUT2D eigenvalue weighted by Crippen LogP contribution is 2.18. The van der Waals surface area contributed by atoms with E-state index in [1.807, 2.05) is 47.1 Å². The van der Waals surface area contributed by atoms with Crippen LogP contribution in [-0.4, -0.2) is 32.5 Å². The molecule has 22 heavy (non-hydrogen) atoms. The Morgan fingerprint density at radius 3 is 2.64 bits per heavy atom. The van der Waals surface area contributed by atoms with Gasteiger partial charge >= 0.3 is 6.03 Å². The molecule has 0 saturated heterocycles. The van der Waals surface area contributed by atoms with Crippen molar-refractivity contribution in [1.29, 1.82) is 0 Å². The molecule has 0 fully saturated rings. The van der Waals surface area contributed by atoms with E-state index in [9.17, 15) is 9.59 Å². The summed E-state index contributed by atoms with van der Waals surface area (Å²) in [6, 6.07) is 9.13. The summed E-state index contributed by atoms with van der Waals surface area (Å²) in [6.07, 6.45) is 0.676. The highest BCUT2D eigenvalue weighted by Gasteiger charge is 2.14. The predicted octanol–water partition coefficient (Wildman–Crippen LogP) is 1.18. The van der Waals surface area contributed by atoms with Gasteiger partial charge in [0.2, 0.25) is 5.91 Å². The zero-order valence-electron chi connectivity index (χ0n) is 12.2. The number of hydrogen-bond acceptors (Lipinski definition) is 5. The maximum atomic E-state index is 11.4. The largest absolute Gasteiger partial charge is 0.351 e. The third-order valence-corrected chi connectivity index (χ3v) is 3.88. The summed E-state index contributed by atoms with van der Waals surface area (Å²) in [7, 11) is 0. The van der Waals surface area contributed by atoms with Crippen LogP contribution in [0.4, 0.5) is 4.79 Å². The molecular weight excluding hydrogens is 302 g/mol. The number of nitrogens with two attached hydrogens (primary N) is 1. The smallest absolute Gasteiger partial charge is 0.318 e. The number of rotatable bonds is 6. The number of aromatic nitrogens is 3. The van der Waals surface area contributed by atoms with Gasteiger partial charge in [-0.3, -0.25) is 10.1 Å². The van der Waals surface area contributed by atoms with Gasteiger partial charge in [0.15, 0.2) is 5.16 Å². The van der Waals surface area contributed by atoms with Crippen LogP contribution in [0.25, 0.3) is 0 Å². The fraction of sp³-hybridized carbons (Fsp3) is 0.286. The van der Waals surface area contributed by atoms with Crippen LogP contribution in [0.15, 0.2) is 35.5 Å². The maximum Gasteiger partial charge on any atom is 0.318 e. The monoisotopic (exact) mass is 319 g/mol. The van der Waals surface area contributed by atoms with E-state index in [4.69, 9.17) is 5.73 Å². The first-order chi connectivity index (χ1) is 10.6. The fourth-order valence-electron chi connectivity index (χ4n) is 1.96. The lowest BCUT2D eigenvalue weighted by Crippen LogP contribution is -2.36. The van der Waals surface area contributed by atoms with Crippen LogP contribution in [0.1, 0.15) is 18.3 Å². The van der Waals surface area contributed by atoms with E-state index < -0.39 is 11.9 Å². The first kappa shape index (κ1) is 16.0. The molecule has 2 rings (SSSR count). The number of primary amides is 1. The van der Waals surface area contributed by atoms with Gasteiger partial charge in [-0.1, -0.05) is 42.1 Å². The van der Waals surface area contributed by atoms with Crippen molar-refractivity contribution in [3.8, 4) is 0 Å². The summed E-state index contributed by atoms with van der Waals surface area (Å²) in [5.41, 5.74) is 6.04. The van der Waals surface area contributed by atoms with Crippen LogP contribution in [0.5, 0.6) is 0 Å². The number of carbonyl (C=O) groups excluding carboxylic acids is 2. The summed E-state index contributed by atoms with van der Waals surface area (Å²) in [6.45, 7) is 2.69. The van der Waals surface area contributed by atoms with E-state index in [0.29, 0.717) is 18.1 Å². The quantitative estimate of drug-likeness (QED) is 0.778. The molecule has 0 unspecified atom stereocenters. The average molecular weight is 319 g/mol. The molecule has 0 spiro atoms. The molecule has 0 saturated carbocycles. The molecule has 0 bridgehead atoms. The van der Waals surface area contributed by atoms with Gasteiger partial charge in [-0.2, -0.15) is 0 Å². The molecule has 3 amide bonds. The summed E-state index contributed by atoms with van der Waals surface area (Å²) in [5, 5.41) is 11.0. The van der Waals surface area contributed by atoms with Crippen LogP contribution in [-0.2, 0) is 17.8 Å². The van der Waals surface area contributed by atoms with Gasteiger partial charge in [0.05, 0.1) is 5.75 Å². The Morgan fingerprint density at radius 1 is 1.27 bits per heavy atom. The number of urea groups is 1. The second-order valence-electron chi connectivity index (χ2n) is 4.51. The van der Waals surface area contributed by atoms with Crippen molar-refractivity contribution in [3.05, 3.63) is 41.7 Å². The summed E-state index contributed by atoms with van der Waals surface area (Å²) in [4.78, 5) is 22.0. The Bertz CT molecular complexity index is 657. The molecule has 7 nitrogen and oxygen atoms in total. The zero-order valence-corrected chi connectivity index (χ0v) is 13.0. The van der Waals surface area contributed by atoms with Crippen LogP contribution in [0.3, 0.4) is 0 Å². The summed E-state index contributed by atoms with van der Waals surface area (Å²) < 4.78 is 1.95. The second-order valence-corrected chi connectivity index (χ2v) is 5.45. The van der Waals surface area contributed by atoms with Crippen molar-refractivity contribution < 1.29 is 9.59 Å². The van der Waals surface area contributed by atoms with Gasteiger partial charge < -0.3 is 10.3 Å². The van der Waals surface area contributed by atoms with Crippen LogP contribution in [0, 0.1) is 0 Å². The molecule has 0 radical (unpaired) electrons. The average Bonchev–Trinajstić information content (AvgIpc) is 2.87. The minimum Gasteiger partial charge on any atom is -0.351 e. The zero-order chi connectivity index (χ0) is 15.9. The van der Waals surface area contributed by atoms with E-state index >= 15 is 0 Å². The third kappa shape index (κ3) is 4.32. The predicted molar refractivity (Wildman–Crippen MR) is 83.4 cm³/mol. The number of nitrogens with one attached hydrogen (secondary N) is 1. The molecule has 2 aromatic rings. The van der Waals surface area contributed by atoms with Crippen LogP contribution >= 0.6 is 11.8 Å². The number of imide groups is 1. The normalized spacial score (nSPS) is 10.4. The lowest BCUT2D eigenvalue weighted by atomic mass is 10.1. The third-order valence-electron chi connectivity index (χ3n) is 2.91. The van der Waals surface area contributed by atoms with Crippen LogP contribution in [0.2, 0.25) is 0 Å². The fourth-order valence-corrected chi connectivity index (χ4v) is 2.78. The molecule has 0 aliphatic carbocycles. The first-order valence-corrected chi connectivity index (χ1v) is 7.76. The Morgan fingerprint density at radius 2 is 2.00 bits per heavy atom. The lowest BCUT2D eigenvalue weighted by Gasteiger charge is -2.07. The summed E-state index contributed by atoms with van der Waals surface area (Å²) in [5.74, 6) is 0.450. The Hall–Kier alpha value is -2.35. The van der Waals surface area contributed by atoms with Crippen molar-refractivity contribution in [2.45, 2.75) is 25.0 Å². The topological polar surface area (TPSA) is 103 Å². The number of carbonyl (C=O) groups is 2. The second kappa shape index (κ2) is 7.60. The van der Waals surface area contributed by atoms with Crippen molar-refractivity contribution >= 4 is 23.7 Å². The first-order valence-electron chi connectivity index (χ1n) is 6.78. The van der Waals surface area contributed by atoms with Gasteiger partial charge in [0, 0.05) is 13.0 Å². The number of hydrogen-bond donors (Lipinski definition) is 2. The Balaban J connectivity index is 2.04. The van der Waals surface area contributed by atoms with Gasteiger partial charge in [-0.25, -0.2) is 4.79 Å². The molecule has 3 N–H and O–H groups in total. The molecule has 0 atom stereocenters. The van der Waals surface area contributed by atoms with Gasteiger partial charge in [0.1, 0.15) is 5.82 Å². The van der Waals surface area contributed by atoms with E-state index in [-0.39, 0.29) is 5.75 Å². The molecule has 0 aliphatic heterocycles. The van der Waals surface area contributed by atoms with Gasteiger partial charge in [0.25, 0.3) is 0 Å². The minimum atomic E-state index is -0.854. The van der Waals surface area contributed by atoms with E-state index in [2.05, 4.69) is 10.2 Å². The number of nitrogens with zero attached hydrogens (tertiary/aromatic N) is 3. The van der Waals surface area contributed by atoms with Crippen LogP contribution < -0.4 is 11.1 Å². The molecule has 1 heterocycles. The number of thioether (sulfide) groups is 1. The Labute approximate surface area is 132 Å². The molecule has 8 heteroatoms. The van der Waals surface area contributed by atoms with Crippen molar-refractivity contribution in [2.24, 2.45) is 5.73 Å². The standard InChI is InChI=1S/C14H17N5O2S/c1-2-19-11(8-10-6-4-3-5-7-10)17-18-14(19)22-9-12(20)16-13(15)21/h3-7H,2,8-9H2,1H3,(H3,15,16,20,21). The van der Waals surface area contributed by atoms with Crippen molar-refractivity contribution in [2.75, 3.05) is 5.75 Å². The molecular formula is C14H17N5O2S. The van der Waals surface area contributed by atoms with Crippen molar-refractivity contribution in [3.63, 3.8) is 0 Å². The maximum absolute atomic E-state index is 11.4. The Kier molecular flexibility index (Phi) is 5.54. The van der Waals surface area contributed by atoms with E-state index in [1.54, 1.807) is 0 Å². The number of amides is 3. The lowest BCUT2D eigenvalue weighted by molar-refractivity contribution is -0.117. The highest BCUT2D eigenvalue weighted by atomic mass is 32.2. The van der Waals surface area contributed by atoms with E-state index in [1.165, 1.54) is 11.8 Å². The van der Waals surface area contributed by atoms with Gasteiger partial charge in [-0.05, 0) is 12.5 Å².